The first kappa shape index (κ1) is 15.4. The molecule has 2 N–H and O–H groups in total. The number of hydrogen-bond acceptors (Lipinski definition) is 7. The summed E-state index contributed by atoms with van der Waals surface area (Å²) in [4.78, 5) is 20.8. The fraction of sp³-hybridized carbons (Fsp3) is 0.692. The lowest BCUT2D eigenvalue weighted by Crippen LogP contribution is -2.41. The molecule has 0 saturated heterocycles. The molecule has 1 aromatic rings. The Morgan fingerprint density at radius 2 is 2.10 bits per heavy atom. The van der Waals surface area contributed by atoms with Crippen molar-refractivity contribution in [1.82, 2.24) is 9.97 Å². The minimum absolute atomic E-state index is 0.00374. The maximum Gasteiger partial charge on any atom is 0.372 e. The number of methoxy groups -OCH3 is 1. The summed E-state index contributed by atoms with van der Waals surface area (Å²) < 4.78 is 5.01. The molecule has 2 rings (SSSR count). The molecular weight excluding hydrogens is 274 g/mol. The van der Waals surface area contributed by atoms with Crippen LogP contribution in [0, 0.1) is 10.1 Å². The Labute approximate surface area is 123 Å². The van der Waals surface area contributed by atoms with E-state index in [1.54, 1.807) is 0 Å². The number of aromatic nitrogens is 2. The van der Waals surface area contributed by atoms with E-state index >= 15 is 0 Å². The zero-order chi connectivity index (χ0) is 15.4. The minimum Gasteiger partial charge on any atom is -0.476 e. The quantitative estimate of drug-likeness (QED) is 0.647. The van der Waals surface area contributed by atoms with Gasteiger partial charge >= 0.3 is 5.69 Å². The van der Waals surface area contributed by atoms with Crippen LogP contribution in [0.15, 0.2) is 6.33 Å². The first-order chi connectivity index (χ1) is 10.1. The van der Waals surface area contributed by atoms with Crippen molar-refractivity contribution in [2.75, 3.05) is 18.6 Å². The van der Waals surface area contributed by atoms with Crippen LogP contribution in [0.4, 0.5) is 11.5 Å². The highest BCUT2D eigenvalue weighted by atomic mass is 16.6. The molecule has 0 radical (unpaired) electrons. The van der Waals surface area contributed by atoms with Gasteiger partial charge in [0.25, 0.3) is 5.88 Å². The number of nitrogens with zero attached hydrogens (tertiary/aromatic N) is 4. The van der Waals surface area contributed by atoms with Gasteiger partial charge in [-0.3, -0.25) is 10.1 Å². The molecule has 1 aliphatic rings. The molecule has 0 spiro atoms. The molecule has 0 unspecified atom stereocenters. The summed E-state index contributed by atoms with van der Waals surface area (Å²) >= 11 is 0. The summed E-state index contributed by atoms with van der Waals surface area (Å²) in [5.74, 6) is 0.325. The second-order valence-corrected chi connectivity index (χ2v) is 5.17. The topological polar surface area (TPSA) is 107 Å². The Hall–Kier alpha value is -1.96. The van der Waals surface area contributed by atoms with Crippen molar-refractivity contribution in [3.8, 4) is 5.88 Å². The monoisotopic (exact) mass is 295 g/mol. The maximum atomic E-state index is 11.4. The lowest BCUT2D eigenvalue weighted by Gasteiger charge is -2.35. The second-order valence-electron chi connectivity index (χ2n) is 5.17. The predicted octanol–water partition coefficient (Wildman–Crippen LogP) is 1.49. The minimum atomic E-state index is -0.481. The number of nitro groups is 1. The third-order valence-corrected chi connectivity index (χ3v) is 3.94. The van der Waals surface area contributed by atoms with E-state index in [-0.39, 0.29) is 23.7 Å². The van der Waals surface area contributed by atoms with Crippen LogP contribution in [0.1, 0.15) is 32.6 Å². The van der Waals surface area contributed by atoms with E-state index in [0.29, 0.717) is 12.4 Å². The zero-order valence-electron chi connectivity index (χ0n) is 12.4. The summed E-state index contributed by atoms with van der Waals surface area (Å²) in [6, 6.07) is 0.447. The summed E-state index contributed by atoms with van der Waals surface area (Å²) in [5.41, 5.74) is 5.76. The van der Waals surface area contributed by atoms with Crippen LogP contribution >= 0.6 is 0 Å². The van der Waals surface area contributed by atoms with Gasteiger partial charge in [0, 0.05) is 18.6 Å². The Balaban J connectivity index is 2.35. The first-order valence-corrected chi connectivity index (χ1v) is 7.14. The molecule has 0 aromatic carbocycles. The van der Waals surface area contributed by atoms with Crippen LogP contribution in [0.3, 0.4) is 0 Å². The lowest BCUT2D eigenvalue weighted by atomic mass is 9.90. The number of hydrogen-bond donors (Lipinski definition) is 1. The fourth-order valence-electron chi connectivity index (χ4n) is 2.87. The van der Waals surface area contributed by atoms with Gasteiger partial charge in [-0.05, 0) is 32.6 Å². The van der Waals surface area contributed by atoms with E-state index in [2.05, 4.69) is 9.97 Å². The third-order valence-electron chi connectivity index (χ3n) is 3.94. The number of nitrogens with two attached hydrogens (primary N) is 1. The van der Waals surface area contributed by atoms with Gasteiger partial charge in [0.15, 0.2) is 0 Å². The molecule has 0 atom stereocenters. The molecule has 8 heteroatoms. The van der Waals surface area contributed by atoms with Crippen molar-refractivity contribution >= 4 is 11.5 Å². The lowest BCUT2D eigenvalue weighted by molar-refractivity contribution is -0.385. The Kier molecular flexibility index (Phi) is 4.89. The van der Waals surface area contributed by atoms with Crippen LogP contribution in [0.5, 0.6) is 5.88 Å². The van der Waals surface area contributed by atoms with Crippen molar-refractivity contribution in [3.63, 3.8) is 0 Å². The van der Waals surface area contributed by atoms with E-state index in [1.165, 1.54) is 13.4 Å². The maximum absolute atomic E-state index is 11.4. The smallest absolute Gasteiger partial charge is 0.372 e. The molecule has 1 saturated carbocycles. The van der Waals surface area contributed by atoms with Crippen LogP contribution in [0.25, 0.3) is 0 Å². The first-order valence-electron chi connectivity index (χ1n) is 7.14. The molecule has 8 nitrogen and oxygen atoms in total. The SMILES string of the molecule is CCN(c1ncnc(OC)c1[N+](=O)[O-])C1CCC(N)CC1. The summed E-state index contributed by atoms with van der Waals surface area (Å²) in [6.45, 7) is 2.60. The molecule has 1 fully saturated rings. The van der Waals surface area contributed by atoms with Crippen LogP contribution in [-0.2, 0) is 0 Å². The van der Waals surface area contributed by atoms with Gasteiger partial charge < -0.3 is 15.4 Å². The third kappa shape index (κ3) is 3.21. The van der Waals surface area contributed by atoms with E-state index in [1.807, 2.05) is 11.8 Å². The Morgan fingerprint density at radius 3 is 2.62 bits per heavy atom. The summed E-state index contributed by atoms with van der Waals surface area (Å²) in [6.07, 6.45) is 4.99. The van der Waals surface area contributed by atoms with E-state index < -0.39 is 4.92 Å². The van der Waals surface area contributed by atoms with Crippen LogP contribution in [0.2, 0.25) is 0 Å². The molecule has 116 valence electrons. The number of ether oxygens (including phenoxy) is 1. The molecule has 21 heavy (non-hydrogen) atoms. The van der Waals surface area contributed by atoms with E-state index in [4.69, 9.17) is 10.5 Å². The van der Waals surface area contributed by atoms with Crippen molar-refractivity contribution in [1.29, 1.82) is 0 Å². The highest BCUT2D eigenvalue weighted by Crippen LogP contribution is 2.36. The molecule has 1 aliphatic carbocycles. The number of rotatable bonds is 5. The van der Waals surface area contributed by atoms with Crippen molar-refractivity contribution in [2.45, 2.75) is 44.7 Å². The van der Waals surface area contributed by atoms with Gasteiger partial charge in [0.2, 0.25) is 5.82 Å². The highest BCUT2D eigenvalue weighted by molar-refractivity contribution is 5.63. The molecule has 0 amide bonds. The largest absolute Gasteiger partial charge is 0.476 e. The highest BCUT2D eigenvalue weighted by Gasteiger charge is 2.32. The van der Waals surface area contributed by atoms with Gasteiger partial charge in [0.1, 0.15) is 6.33 Å². The van der Waals surface area contributed by atoms with Crippen molar-refractivity contribution < 1.29 is 9.66 Å². The Bertz CT molecular complexity index is 503. The second kappa shape index (κ2) is 6.66. The van der Waals surface area contributed by atoms with Gasteiger partial charge in [-0.15, -0.1) is 0 Å². The van der Waals surface area contributed by atoms with Gasteiger partial charge in [-0.2, -0.15) is 4.98 Å². The van der Waals surface area contributed by atoms with Gasteiger partial charge in [-0.1, -0.05) is 0 Å². The van der Waals surface area contributed by atoms with E-state index in [9.17, 15) is 10.1 Å². The van der Waals surface area contributed by atoms with Crippen molar-refractivity contribution in [3.05, 3.63) is 16.4 Å². The van der Waals surface area contributed by atoms with Gasteiger partial charge in [0.05, 0.1) is 12.0 Å². The molecule has 0 bridgehead atoms. The predicted molar refractivity (Wildman–Crippen MR) is 78.5 cm³/mol. The molecular formula is C13H21N5O3. The average Bonchev–Trinajstić information content (AvgIpc) is 2.49. The van der Waals surface area contributed by atoms with Crippen molar-refractivity contribution in [2.24, 2.45) is 5.73 Å². The molecule has 1 heterocycles. The standard InChI is InChI=1S/C13H21N5O3/c1-3-17(10-6-4-9(14)5-7-10)12-11(18(19)20)13(21-2)16-8-15-12/h8-10H,3-7,14H2,1-2H3. The normalized spacial score (nSPS) is 21.9. The summed E-state index contributed by atoms with van der Waals surface area (Å²) in [7, 11) is 1.37. The number of anilines is 1. The summed E-state index contributed by atoms with van der Waals surface area (Å²) in [5, 5.41) is 11.4. The van der Waals surface area contributed by atoms with E-state index in [0.717, 1.165) is 25.7 Å². The fourth-order valence-corrected chi connectivity index (χ4v) is 2.87. The molecule has 1 aromatic heterocycles. The zero-order valence-corrected chi connectivity index (χ0v) is 12.4. The molecule has 0 aliphatic heterocycles. The Morgan fingerprint density at radius 1 is 1.43 bits per heavy atom. The van der Waals surface area contributed by atoms with Crippen LogP contribution in [-0.4, -0.2) is 40.6 Å². The van der Waals surface area contributed by atoms with Gasteiger partial charge in [-0.25, -0.2) is 4.98 Å². The average molecular weight is 295 g/mol. The van der Waals surface area contributed by atoms with Crippen LogP contribution < -0.4 is 15.4 Å².